The molecule has 138 valence electrons. The van der Waals surface area contributed by atoms with Crippen LogP contribution in [0.3, 0.4) is 0 Å². The van der Waals surface area contributed by atoms with Crippen LogP contribution in [0.25, 0.3) is 0 Å². The molecule has 0 aliphatic carbocycles. The first kappa shape index (κ1) is 20.7. The number of anilines is 2. The Bertz CT molecular complexity index is 722. The van der Waals surface area contributed by atoms with Gasteiger partial charge in [0.05, 0.1) is 6.61 Å². The van der Waals surface area contributed by atoms with Gasteiger partial charge < -0.3 is 21.1 Å². The minimum absolute atomic E-state index is 0.0999. The van der Waals surface area contributed by atoms with Gasteiger partial charge in [-0.25, -0.2) is 4.79 Å². The number of carbonyl (C=O) groups is 3. The van der Waals surface area contributed by atoms with Crippen LogP contribution in [0.1, 0.15) is 13.8 Å². The SMILES string of the molecule is CCOC(=O)N(/C=C(/C#N)C(=O)Nc1ccc(NC(C)=O)cc1)CCN. The fourth-order valence-corrected chi connectivity index (χ4v) is 1.89. The maximum Gasteiger partial charge on any atom is 0.413 e. The van der Waals surface area contributed by atoms with E-state index in [0.717, 1.165) is 11.1 Å². The summed E-state index contributed by atoms with van der Waals surface area (Å²) in [4.78, 5) is 36.1. The first-order chi connectivity index (χ1) is 12.4. The monoisotopic (exact) mass is 359 g/mol. The smallest absolute Gasteiger partial charge is 0.413 e. The largest absolute Gasteiger partial charge is 0.449 e. The zero-order valence-electron chi connectivity index (χ0n) is 14.6. The number of ether oxygens (including phenoxy) is 1. The number of hydrogen-bond donors (Lipinski definition) is 3. The van der Waals surface area contributed by atoms with Crippen molar-refractivity contribution in [1.29, 1.82) is 5.26 Å². The maximum absolute atomic E-state index is 12.2. The average Bonchev–Trinajstić information content (AvgIpc) is 2.59. The van der Waals surface area contributed by atoms with Crippen molar-refractivity contribution < 1.29 is 19.1 Å². The van der Waals surface area contributed by atoms with Gasteiger partial charge in [-0.2, -0.15) is 5.26 Å². The lowest BCUT2D eigenvalue weighted by atomic mass is 10.2. The summed E-state index contributed by atoms with van der Waals surface area (Å²) in [6.45, 7) is 3.42. The fourth-order valence-electron chi connectivity index (χ4n) is 1.89. The molecule has 0 atom stereocenters. The molecule has 9 nitrogen and oxygen atoms in total. The van der Waals surface area contributed by atoms with Crippen molar-refractivity contribution in [2.45, 2.75) is 13.8 Å². The van der Waals surface area contributed by atoms with Crippen LogP contribution >= 0.6 is 0 Å². The van der Waals surface area contributed by atoms with E-state index in [2.05, 4.69) is 10.6 Å². The van der Waals surface area contributed by atoms with E-state index in [1.165, 1.54) is 6.92 Å². The molecule has 0 saturated heterocycles. The van der Waals surface area contributed by atoms with Crippen LogP contribution in [0.15, 0.2) is 36.0 Å². The molecule has 1 aromatic carbocycles. The Kier molecular flexibility index (Phi) is 8.33. The zero-order valence-corrected chi connectivity index (χ0v) is 14.6. The van der Waals surface area contributed by atoms with Crippen LogP contribution in [0.2, 0.25) is 0 Å². The summed E-state index contributed by atoms with van der Waals surface area (Å²) in [5.74, 6) is -0.901. The number of carbonyl (C=O) groups excluding carboxylic acids is 3. The Morgan fingerprint density at radius 1 is 1.23 bits per heavy atom. The molecule has 1 aromatic rings. The van der Waals surface area contributed by atoms with Crippen molar-refractivity contribution >= 4 is 29.3 Å². The second kappa shape index (κ2) is 10.5. The molecular formula is C17H21N5O4. The number of hydrogen-bond acceptors (Lipinski definition) is 6. The summed E-state index contributed by atoms with van der Waals surface area (Å²) < 4.78 is 4.86. The summed E-state index contributed by atoms with van der Waals surface area (Å²) in [5, 5.41) is 14.3. The number of rotatable bonds is 7. The molecule has 3 amide bonds. The maximum atomic E-state index is 12.2. The van der Waals surface area contributed by atoms with Gasteiger partial charge in [-0.15, -0.1) is 0 Å². The highest BCUT2D eigenvalue weighted by molar-refractivity contribution is 6.06. The summed E-state index contributed by atoms with van der Waals surface area (Å²) in [6, 6.07) is 8.10. The van der Waals surface area contributed by atoms with Crippen molar-refractivity contribution in [3.63, 3.8) is 0 Å². The molecule has 0 aromatic heterocycles. The Labute approximate surface area is 151 Å². The van der Waals surface area contributed by atoms with E-state index in [4.69, 9.17) is 10.5 Å². The molecule has 0 bridgehead atoms. The molecule has 0 aliphatic rings. The van der Waals surface area contributed by atoms with Crippen LogP contribution in [0.4, 0.5) is 16.2 Å². The van der Waals surface area contributed by atoms with Gasteiger partial charge in [-0.3, -0.25) is 14.5 Å². The number of amides is 3. The van der Waals surface area contributed by atoms with Gasteiger partial charge in [0, 0.05) is 37.6 Å². The first-order valence-electron chi connectivity index (χ1n) is 7.85. The molecule has 0 saturated carbocycles. The van der Waals surface area contributed by atoms with E-state index < -0.39 is 12.0 Å². The lowest BCUT2D eigenvalue weighted by Crippen LogP contribution is -2.32. The average molecular weight is 359 g/mol. The van der Waals surface area contributed by atoms with Crippen LogP contribution in [0.5, 0.6) is 0 Å². The summed E-state index contributed by atoms with van der Waals surface area (Å²) in [7, 11) is 0. The number of benzene rings is 1. The number of nitrogens with two attached hydrogens (primary N) is 1. The predicted molar refractivity (Wildman–Crippen MR) is 95.9 cm³/mol. The van der Waals surface area contributed by atoms with Crippen molar-refractivity contribution in [3.8, 4) is 6.07 Å². The number of nitriles is 1. The van der Waals surface area contributed by atoms with Gasteiger partial charge in [0.25, 0.3) is 5.91 Å². The van der Waals surface area contributed by atoms with Crippen molar-refractivity contribution in [2.24, 2.45) is 5.73 Å². The zero-order chi connectivity index (χ0) is 19.5. The first-order valence-corrected chi connectivity index (χ1v) is 7.85. The van der Waals surface area contributed by atoms with Crippen molar-refractivity contribution in [2.75, 3.05) is 30.3 Å². The lowest BCUT2D eigenvalue weighted by Gasteiger charge is -2.17. The molecule has 26 heavy (non-hydrogen) atoms. The van der Waals surface area contributed by atoms with Crippen LogP contribution in [0, 0.1) is 11.3 Å². The van der Waals surface area contributed by atoms with Gasteiger partial charge >= 0.3 is 6.09 Å². The topological polar surface area (TPSA) is 138 Å². The summed E-state index contributed by atoms with van der Waals surface area (Å²) in [6.07, 6.45) is 0.407. The minimum atomic E-state index is -0.696. The third-order valence-electron chi connectivity index (χ3n) is 2.99. The Balaban J connectivity index is 2.88. The molecule has 0 aliphatic heterocycles. The number of nitrogens with one attached hydrogen (secondary N) is 2. The lowest BCUT2D eigenvalue weighted by molar-refractivity contribution is -0.114. The highest BCUT2D eigenvalue weighted by atomic mass is 16.6. The third-order valence-corrected chi connectivity index (χ3v) is 2.99. The van der Waals surface area contributed by atoms with Crippen LogP contribution in [-0.2, 0) is 14.3 Å². The van der Waals surface area contributed by atoms with Gasteiger partial charge in [0.1, 0.15) is 11.6 Å². The van der Waals surface area contributed by atoms with E-state index >= 15 is 0 Å². The number of nitrogens with zero attached hydrogens (tertiary/aromatic N) is 2. The molecule has 0 fully saturated rings. The summed E-state index contributed by atoms with van der Waals surface area (Å²) in [5.41, 5.74) is 6.15. The normalized spacial score (nSPS) is 10.5. The fraction of sp³-hybridized carbons (Fsp3) is 0.294. The van der Waals surface area contributed by atoms with Crippen molar-refractivity contribution in [3.05, 3.63) is 36.0 Å². The Morgan fingerprint density at radius 2 is 1.81 bits per heavy atom. The second-order valence-corrected chi connectivity index (χ2v) is 5.05. The Hall–Kier alpha value is -3.38. The predicted octanol–water partition coefficient (Wildman–Crippen LogP) is 1.41. The second-order valence-electron chi connectivity index (χ2n) is 5.05. The van der Waals surface area contributed by atoms with E-state index in [1.807, 2.05) is 0 Å². The molecule has 0 radical (unpaired) electrons. The van der Waals surface area contributed by atoms with Crippen molar-refractivity contribution in [1.82, 2.24) is 4.90 Å². The van der Waals surface area contributed by atoms with Gasteiger partial charge in [0.2, 0.25) is 5.91 Å². The quantitative estimate of drug-likeness (QED) is 0.497. The molecular weight excluding hydrogens is 338 g/mol. The molecule has 0 spiro atoms. The summed E-state index contributed by atoms with van der Waals surface area (Å²) >= 11 is 0. The van der Waals surface area contributed by atoms with Crippen LogP contribution < -0.4 is 16.4 Å². The molecule has 0 heterocycles. The highest BCUT2D eigenvalue weighted by Crippen LogP contribution is 2.14. The molecule has 0 unspecified atom stereocenters. The van der Waals surface area contributed by atoms with Gasteiger partial charge in [0.15, 0.2) is 0 Å². The minimum Gasteiger partial charge on any atom is -0.449 e. The third kappa shape index (κ3) is 6.62. The van der Waals surface area contributed by atoms with E-state index in [1.54, 1.807) is 37.3 Å². The van der Waals surface area contributed by atoms with Gasteiger partial charge in [-0.05, 0) is 31.2 Å². The molecule has 4 N–H and O–H groups in total. The standard InChI is InChI=1S/C17H21N5O4/c1-3-26-17(25)22(9-8-18)11-13(10-19)16(24)21-15-6-4-14(5-7-15)20-12(2)23/h4-7,11H,3,8-9,18H2,1-2H3,(H,20,23)(H,21,24)/b13-11-. The Morgan fingerprint density at radius 3 is 2.27 bits per heavy atom. The van der Waals surface area contributed by atoms with E-state index in [9.17, 15) is 19.6 Å². The van der Waals surface area contributed by atoms with Crippen LogP contribution in [-0.4, -0.2) is 42.5 Å². The van der Waals surface area contributed by atoms with E-state index in [-0.39, 0.29) is 31.2 Å². The molecule has 1 rings (SSSR count). The molecule has 9 heteroatoms. The highest BCUT2D eigenvalue weighted by Gasteiger charge is 2.16. The van der Waals surface area contributed by atoms with E-state index in [0.29, 0.717) is 11.4 Å². The van der Waals surface area contributed by atoms with Gasteiger partial charge in [-0.1, -0.05) is 0 Å².